The molecule has 4 heterocycles. The summed E-state index contributed by atoms with van der Waals surface area (Å²) in [5.74, 6) is -0.717. The van der Waals surface area contributed by atoms with Crippen LogP contribution in [0.25, 0.3) is 5.65 Å². The lowest BCUT2D eigenvalue weighted by Gasteiger charge is -2.48. The van der Waals surface area contributed by atoms with Crippen LogP contribution in [0.1, 0.15) is 24.1 Å². The summed E-state index contributed by atoms with van der Waals surface area (Å²) in [5.41, 5.74) is 1.99. The molecule has 1 aliphatic carbocycles. The lowest BCUT2D eigenvalue weighted by molar-refractivity contribution is -0.213. The third kappa shape index (κ3) is 5.69. The second-order valence-electron chi connectivity index (χ2n) is 10.7. The van der Waals surface area contributed by atoms with Gasteiger partial charge in [0, 0.05) is 51.4 Å². The maximum absolute atomic E-state index is 12.7. The predicted molar refractivity (Wildman–Crippen MR) is 148 cm³/mol. The van der Waals surface area contributed by atoms with E-state index >= 15 is 0 Å². The summed E-state index contributed by atoms with van der Waals surface area (Å²) in [7, 11) is 0. The van der Waals surface area contributed by atoms with Crippen molar-refractivity contribution in [1.29, 1.82) is 10.5 Å². The fourth-order valence-corrected chi connectivity index (χ4v) is 5.43. The number of fused-ring (bicyclic) bond motifs is 1. The Morgan fingerprint density at radius 3 is 2.49 bits per heavy atom. The zero-order valence-electron chi connectivity index (χ0n) is 22.5. The number of aliphatic hydroxyl groups is 1. The molecule has 3 fully saturated rings. The van der Waals surface area contributed by atoms with Crippen molar-refractivity contribution < 1.29 is 23.1 Å². The number of aromatic nitrogens is 4. The number of carbonyl (C=O) groups is 1. The molecule has 1 saturated carbocycles. The Kier molecular flexibility index (Phi) is 7.37. The van der Waals surface area contributed by atoms with Gasteiger partial charge in [0.15, 0.2) is 17.2 Å². The van der Waals surface area contributed by atoms with Gasteiger partial charge in [-0.05, 0) is 25.0 Å². The first-order valence-electron chi connectivity index (χ1n) is 13.5. The first kappa shape index (κ1) is 28.7. The smallest absolute Gasteiger partial charge is 0.376 e. The van der Waals surface area contributed by atoms with Gasteiger partial charge in [0.1, 0.15) is 6.07 Å². The molecule has 17 heteroatoms. The topological polar surface area (TPSA) is 162 Å². The number of rotatable bonds is 7. The number of carbonyl (C=O) groups excluding carboxylic acids is 1. The Balaban J connectivity index is 1.16. The highest BCUT2D eigenvalue weighted by molar-refractivity contribution is 6.36. The number of imidazole rings is 1. The minimum Gasteiger partial charge on any atom is -0.376 e. The third-order valence-electron chi connectivity index (χ3n) is 7.71. The molecular formula is C26H25ClF3N11O2. The summed E-state index contributed by atoms with van der Waals surface area (Å²) < 4.78 is 39.4. The molecule has 3 aromatic rings. The molecule has 3 aliphatic rings. The van der Waals surface area contributed by atoms with E-state index in [1.807, 2.05) is 4.90 Å². The number of likely N-dealkylation sites (tertiary alicyclic amines) is 1. The number of alkyl halides is 3. The highest BCUT2D eigenvalue weighted by Crippen LogP contribution is 2.37. The van der Waals surface area contributed by atoms with E-state index < -0.39 is 18.2 Å². The monoisotopic (exact) mass is 615 g/mol. The summed E-state index contributed by atoms with van der Waals surface area (Å²) >= 11 is 6.84. The predicted octanol–water partition coefficient (Wildman–Crippen LogP) is 2.09. The van der Waals surface area contributed by atoms with Crippen molar-refractivity contribution in [3.05, 3.63) is 34.6 Å². The Morgan fingerprint density at radius 1 is 1.14 bits per heavy atom. The first-order valence-corrected chi connectivity index (χ1v) is 13.9. The minimum atomic E-state index is -4.99. The number of hydrogen-bond donors (Lipinski definition) is 3. The van der Waals surface area contributed by atoms with E-state index in [9.17, 15) is 33.6 Å². The molecule has 1 aromatic carbocycles. The average molecular weight is 616 g/mol. The summed E-state index contributed by atoms with van der Waals surface area (Å²) in [6.07, 6.45) is -4.60. The van der Waals surface area contributed by atoms with Crippen LogP contribution in [-0.2, 0) is 4.79 Å². The van der Waals surface area contributed by atoms with Crippen LogP contribution in [-0.4, -0.2) is 104 Å². The summed E-state index contributed by atoms with van der Waals surface area (Å²) in [6.45, 7) is 2.36. The number of nitriles is 2. The van der Waals surface area contributed by atoms with E-state index in [-0.39, 0.29) is 36.8 Å². The van der Waals surface area contributed by atoms with Crippen molar-refractivity contribution >= 4 is 46.3 Å². The highest BCUT2D eigenvalue weighted by Gasteiger charge is 2.48. The molecule has 2 aromatic heterocycles. The van der Waals surface area contributed by atoms with Crippen LogP contribution in [0.4, 0.5) is 36.3 Å². The van der Waals surface area contributed by atoms with Gasteiger partial charge in [0.25, 0.3) is 5.91 Å². The number of nitrogens with one attached hydrogen (secondary N) is 2. The Labute approximate surface area is 248 Å². The van der Waals surface area contributed by atoms with E-state index in [4.69, 9.17) is 11.6 Å². The number of benzene rings is 1. The van der Waals surface area contributed by atoms with Crippen LogP contribution in [0, 0.1) is 22.7 Å². The lowest BCUT2D eigenvalue weighted by atomic mass is 10.0. The number of halogens is 4. The van der Waals surface area contributed by atoms with E-state index in [0.717, 1.165) is 17.7 Å². The van der Waals surface area contributed by atoms with Crippen LogP contribution in [0.5, 0.6) is 0 Å². The van der Waals surface area contributed by atoms with Crippen LogP contribution in [0.15, 0.2) is 18.3 Å². The van der Waals surface area contributed by atoms with Gasteiger partial charge in [-0.25, -0.2) is 4.98 Å². The molecule has 6 rings (SSSR count). The van der Waals surface area contributed by atoms with Gasteiger partial charge in [-0.2, -0.15) is 33.2 Å². The quantitative estimate of drug-likeness (QED) is 0.357. The van der Waals surface area contributed by atoms with Crippen molar-refractivity contribution in [2.75, 3.05) is 54.8 Å². The van der Waals surface area contributed by atoms with Crippen molar-refractivity contribution in [3.63, 3.8) is 0 Å². The maximum Gasteiger partial charge on any atom is 0.423 e. The van der Waals surface area contributed by atoms with Crippen LogP contribution >= 0.6 is 11.6 Å². The molecule has 224 valence electrons. The molecule has 2 saturated heterocycles. The number of piperazine rings is 1. The van der Waals surface area contributed by atoms with Gasteiger partial charge in [-0.15, -0.1) is 5.10 Å². The molecule has 0 radical (unpaired) electrons. The highest BCUT2D eigenvalue weighted by atomic mass is 35.5. The van der Waals surface area contributed by atoms with Crippen LogP contribution < -0.4 is 15.5 Å². The molecular weight excluding hydrogens is 591 g/mol. The average Bonchev–Trinajstić information content (AvgIpc) is 3.68. The molecule has 13 nitrogen and oxygen atoms in total. The van der Waals surface area contributed by atoms with Crippen LogP contribution in [0.2, 0.25) is 5.02 Å². The number of hydrogen-bond acceptors (Lipinski definition) is 11. The largest absolute Gasteiger partial charge is 0.423 e. The van der Waals surface area contributed by atoms with Crippen LogP contribution in [0.3, 0.4) is 0 Å². The lowest BCUT2D eigenvalue weighted by Crippen LogP contribution is -2.66. The molecule has 0 bridgehead atoms. The molecule has 2 aliphatic heterocycles. The number of nitrogens with zero attached hydrogens (tertiary/aromatic N) is 9. The zero-order chi connectivity index (χ0) is 30.5. The van der Waals surface area contributed by atoms with E-state index in [1.54, 1.807) is 12.1 Å². The van der Waals surface area contributed by atoms with E-state index in [1.165, 1.54) is 10.7 Å². The number of anilines is 4. The van der Waals surface area contributed by atoms with E-state index in [0.29, 0.717) is 59.6 Å². The Hall–Kier alpha value is -4.38. The normalized spacial score (nSPS) is 18.6. The van der Waals surface area contributed by atoms with Gasteiger partial charge in [0.05, 0.1) is 34.2 Å². The van der Waals surface area contributed by atoms with Crippen molar-refractivity contribution in [1.82, 2.24) is 29.4 Å². The minimum absolute atomic E-state index is 0.108. The maximum atomic E-state index is 12.7. The first-order chi connectivity index (χ1) is 20.5. The number of aliphatic hydroxyl groups excluding tert-OH is 1. The fourth-order valence-electron chi connectivity index (χ4n) is 5.15. The Bertz CT molecular complexity index is 1650. The molecule has 43 heavy (non-hydrogen) atoms. The van der Waals surface area contributed by atoms with Gasteiger partial charge in [0.2, 0.25) is 12.1 Å². The second-order valence-corrected chi connectivity index (χ2v) is 11.0. The van der Waals surface area contributed by atoms with Crippen molar-refractivity contribution in [2.45, 2.75) is 37.2 Å². The van der Waals surface area contributed by atoms with Gasteiger partial charge in [-0.1, -0.05) is 11.6 Å². The van der Waals surface area contributed by atoms with Gasteiger partial charge in [-0.3, -0.25) is 9.69 Å². The number of amides is 1. The summed E-state index contributed by atoms with van der Waals surface area (Å²) in [5, 5.41) is 39.6. The molecule has 0 spiro atoms. The van der Waals surface area contributed by atoms with Crippen molar-refractivity contribution in [2.24, 2.45) is 0 Å². The van der Waals surface area contributed by atoms with Gasteiger partial charge < -0.3 is 25.5 Å². The zero-order valence-corrected chi connectivity index (χ0v) is 23.3. The standard InChI is InChI=1S/C26H25ClF3N11O2/c27-20-18(35-25-36-22(34-15-1-2-15)23-33-11-16(10-32)41(23)37-25)7-14(9-31)8-19(20)39-5-3-38(4-6-39)17-12-40(13-17)24(43)21(42)26(28,29)30/h7-8,11,15,17,21,42H,1-6,12-13H2,(H2,34,35,36,37)/t21-/m1/s1. The van der Waals surface area contributed by atoms with Gasteiger partial charge >= 0.3 is 6.18 Å². The van der Waals surface area contributed by atoms with Crippen molar-refractivity contribution in [3.8, 4) is 12.1 Å². The SMILES string of the molecule is N#Cc1cc(Nc2nc(NC3CC3)c3ncc(C#N)n3n2)c(Cl)c(N2CCN(C3CN(C(=O)[C@@H](O)C(F)(F)F)C3)CC2)c1. The fraction of sp³-hybridized carbons (Fsp3) is 0.462. The third-order valence-corrected chi connectivity index (χ3v) is 8.11. The summed E-state index contributed by atoms with van der Waals surface area (Å²) in [4.78, 5) is 25.8. The molecule has 1 atom stereocenters. The second kappa shape index (κ2) is 11.0. The molecule has 0 unspecified atom stereocenters. The Morgan fingerprint density at radius 2 is 1.86 bits per heavy atom. The van der Waals surface area contributed by atoms with E-state index in [2.05, 4.69) is 42.7 Å². The summed E-state index contributed by atoms with van der Waals surface area (Å²) in [6, 6.07) is 7.61. The molecule has 1 amide bonds. The molecule has 3 N–H and O–H groups in total.